The first kappa shape index (κ1) is 10.6. The third-order valence-corrected chi connectivity index (χ3v) is 2.10. The maximum Gasteiger partial charge on any atom is 0.387 e. The van der Waals surface area contributed by atoms with Crippen LogP contribution in [-0.2, 0) is 0 Å². The molecule has 0 aliphatic carbocycles. The van der Waals surface area contributed by atoms with Crippen LogP contribution in [0.4, 0.5) is 8.78 Å². The smallest absolute Gasteiger partial charge is 0.387 e. The SMILES string of the molecule is FC(F)Oc1ccccc1-c1[c]cccc1. The molecule has 16 heavy (non-hydrogen) atoms. The van der Waals surface area contributed by atoms with Gasteiger partial charge in [-0.3, -0.25) is 0 Å². The van der Waals surface area contributed by atoms with Crippen LogP contribution in [0.2, 0.25) is 0 Å². The molecule has 0 saturated heterocycles. The normalized spacial score (nSPS) is 10.4. The van der Waals surface area contributed by atoms with E-state index in [4.69, 9.17) is 0 Å². The number of para-hydroxylation sites is 1. The monoisotopic (exact) mass is 219 g/mol. The van der Waals surface area contributed by atoms with E-state index in [0.29, 0.717) is 5.56 Å². The van der Waals surface area contributed by atoms with Crippen LogP contribution < -0.4 is 4.74 Å². The molecule has 0 spiro atoms. The minimum Gasteiger partial charge on any atom is -0.434 e. The van der Waals surface area contributed by atoms with E-state index in [1.165, 1.54) is 6.07 Å². The van der Waals surface area contributed by atoms with Crippen LogP contribution in [0.15, 0.2) is 48.5 Å². The Balaban J connectivity index is 2.41. The van der Waals surface area contributed by atoms with Gasteiger partial charge in [0.05, 0.1) is 0 Å². The Morgan fingerprint density at radius 3 is 2.44 bits per heavy atom. The number of benzene rings is 2. The molecule has 81 valence electrons. The summed E-state index contributed by atoms with van der Waals surface area (Å²) in [5, 5.41) is 0. The Morgan fingerprint density at radius 2 is 1.75 bits per heavy atom. The van der Waals surface area contributed by atoms with Gasteiger partial charge in [0, 0.05) is 5.56 Å². The molecule has 0 fully saturated rings. The number of hydrogen-bond donors (Lipinski definition) is 0. The summed E-state index contributed by atoms with van der Waals surface area (Å²) in [5.41, 5.74) is 1.35. The molecule has 0 saturated carbocycles. The average Bonchev–Trinajstić information content (AvgIpc) is 2.30. The average molecular weight is 219 g/mol. The lowest BCUT2D eigenvalue weighted by atomic mass is 10.1. The second kappa shape index (κ2) is 4.75. The zero-order chi connectivity index (χ0) is 11.4. The van der Waals surface area contributed by atoms with Crippen LogP contribution in [-0.4, -0.2) is 6.61 Å². The molecule has 0 amide bonds. The van der Waals surface area contributed by atoms with Gasteiger partial charge in [-0.1, -0.05) is 42.5 Å². The van der Waals surface area contributed by atoms with Crippen LogP contribution >= 0.6 is 0 Å². The molecule has 0 aromatic heterocycles. The van der Waals surface area contributed by atoms with Crippen molar-refractivity contribution in [1.29, 1.82) is 0 Å². The van der Waals surface area contributed by atoms with Crippen LogP contribution in [0.3, 0.4) is 0 Å². The van der Waals surface area contributed by atoms with Gasteiger partial charge >= 0.3 is 6.61 Å². The second-order valence-electron chi connectivity index (χ2n) is 3.15. The van der Waals surface area contributed by atoms with Crippen LogP contribution in [0, 0.1) is 6.07 Å². The molecule has 1 radical (unpaired) electrons. The molecule has 0 atom stereocenters. The molecule has 0 aliphatic rings. The van der Waals surface area contributed by atoms with Crippen molar-refractivity contribution in [2.24, 2.45) is 0 Å². The van der Waals surface area contributed by atoms with E-state index in [-0.39, 0.29) is 5.75 Å². The highest BCUT2D eigenvalue weighted by molar-refractivity contribution is 5.69. The number of halogens is 2. The van der Waals surface area contributed by atoms with E-state index in [1.54, 1.807) is 30.3 Å². The van der Waals surface area contributed by atoms with Crippen molar-refractivity contribution < 1.29 is 13.5 Å². The largest absolute Gasteiger partial charge is 0.434 e. The highest BCUT2D eigenvalue weighted by Crippen LogP contribution is 2.30. The van der Waals surface area contributed by atoms with Gasteiger partial charge in [-0.2, -0.15) is 8.78 Å². The summed E-state index contributed by atoms with van der Waals surface area (Å²) in [5.74, 6) is 0.167. The van der Waals surface area contributed by atoms with Crippen molar-refractivity contribution in [2.75, 3.05) is 0 Å². The standard InChI is InChI=1S/C13H9F2O/c14-13(15)16-12-9-5-4-8-11(12)10-6-2-1-3-7-10/h1-6,8-9,13H. The Bertz CT molecular complexity index is 454. The molecule has 0 aliphatic heterocycles. The summed E-state index contributed by atoms with van der Waals surface area (Å²) in [6.07, 6.45) is 0. The molecule has 1 nitrogen and oxygen atoms in total. The summed E-state index contributed by atoms with van der Waals surface area (Å²) in [7, 11) is 0. The highest BCUT2D eigenvalue weighted by atomic mass is 19.3. The Labute approximate surface area is 92.3 Å². The topological polar surface area (TPSA) is 9.23 Å². The Morgan fingerprint density at radius 1 is 1.00 bits per heavy atom. The van der Waals surface area contributed by atoms with Crippen molar-refractivity contribution >= 4 is 0 Å². The van der Waals surface area contributed by atoms with Crippen molar-refractivity contribution in [3.8, 4) is 16.9 Å². The molecule has 3 heteroatoms. The van der Waals surface area contributed by atoms with E-state index < -0.39 is 6.61 Å². The Kier molecular flexibility index (Phi) is 3.15. The lowest BCUT2D eigenvalue weighted by molar-refractivity contribution is -0.0494. The van der Waals surface area contributed by atoms with Gasteiger partial charge in [0.25, 0.3) is 0 Å². The van der Waals surface area contributed by atoms with E-state index in [2.05, 4.69) is 10.8 Å². The lowest BCUT2D eigenvalue weighted by Crippen LogP contribution is -2.02. The highest BCUT2D eigenvalue weighted by Gasteiger charge is 2.09. The van der Waals surface area contributed by atoms with E-state index in [1.807, 2.05) is 12.1 Å². The first-order chi connectivity index (χ1) is 7.77. The Hall–Kier alpha value is -1.90. The van der Waals surface area contributed by atoms with Crippen LogP contribution in [0.1, 0.15) is 0 Å². The van der Waals surface area contributed by atoms with Crippen molar-refractivity contribution in [3.63, 3.8) is 0 Å². The van der Waals surface area contributed by atoms with Crippen LogP contribution in [0.5, 0.6) is 5.75 Å². The quantitative estimate of drug-likeness (QED) is 0.763. The predicted molar refractivity (Wildman–Crippen MR) is 57.3 cm³/mol. The van der Waals surface area contributed by atoms with Gasteiger partial charge in [-0.05, 0) is 17.7 Å². The molecule has 2 aromatic rings. The molecule has 2 aromatic carbocycles. The summed E-state index contributed by atoms with van der Waals surface area (Å²) in [6, 6.07) is 16.8. The number of alkyl halides is 2. The number of hydrogen-bond acceptors (Lipinski definition) is 1. The third kappa shape index (κ3) is 2.37. The van der Waals surface area contributed by atoms with Crippen molar-refractivity contribution in [2.45, 2.75) is 6.61 Å². The zero-order valence-electron chi connectivity index (χ0n) is 8.36. The van der Waals surface area contributed by atoms with Crippen LogP contribution in [0.25, 0.3) is 11.1 Å². The predicted octanol–water partition coefficient (Wildman–Crippen LogP) is 3.76. The van der Waals surface area contributed by atoms with E-state index in [9.17, 15) is 8.78 Å². The number of rotatable bonds is 3. The second-order valence-corrected chi connectivity index (χ2v) is 3.15. The fourth-order valence-corrected chi connectivity index (χ4v) is 1.45. The minimum absolute atomic E-state index is 0.167. The number of ether oxygens (including phenoxy) is 1. The summed E-state index contributed by atoms with van der Waals surface area (Å²) in [6.45, 7) is -2.81. The fraction of sp³-hybridized carbons (Fsp3) is 0.0769. The van der Waals surface area contributed by atoms with E-state index in [0.717, 1.165) is 5.56 Å². The first-order valence-corrected chi connectivity index (χ1v) is 4.78. The van der Waals surface area contributed by atoms with Crippen molar-refractivity contribution in [3.05, 3.63) is 54.6 Å². The van der Waals surface area contributed by atoms with Gasteiger partial charge in [0.1, 0.15) is 5.75 Å². The zero-order valence-corrected chi connectivity index (χ0v) is 8.36. The third-order valence-electron chi connectivity index (χ3n) is 2.10. The molecular weight excluding hydrogens is 210 g/mol. The molecule has 0 unspecified atom stereocenters. The van der Waals surface area contributed by atoms with Crippen molar-refractivity contribution in [1.82, 2.24) is 0 Å². The van der Waals surface area contributed by atoms with Gasteiger partial charge in [0.15, 0.2) is 0 Å². The van der Waals surface area contributed by atoms with Gasteiger partial charge in [-0.25, -0.2) is 0 Å². The summed E-state index contributed by atoms with van der Waals surface area (Å²) < 4.78 is 28.8. The minimum atomic E-state index is -2.81. The molecule has 0 N–H and O–H groups in total. The molecule has 0 heterocycles. The molecule has 0 bridgehead atoms. The summed E-state index contributed by atoms with van der Waals surface area (Å²) >= 11 is 0. The summed E-state index contributed by atoms with van der Waals surface area (Å²) in [4.78, 5) is 0. The maximum absolute atomic E-state index is 12.2. The fourth-order valence-electron chi connectivity index (χ4n) is 1.45. The van der Waals surface area contributed by atoms with Gasteiger partial charge in [0.2, 0.25) is 0 Å². The van der Waals surface area contributed by atoms with E-state index >= 15 is 0 Å². The first-order valence-electron chi connectivity index (χ1n) is 4.78. The van der Waals surface area contributed by atoms with Gasteiger partial charge in [-0.15, -0.1) is 0 Å². The lowest BCUT2D eigenvalue weighted by Gasteiger charge is -2.09. The molecule has 2 rings (SSSR count). The molecular formula is C13H9F2O. The van der Waals surface area contributed by atoms with Gasteiger partial charge < -0.3 is 4.74 Å². The maximum atomic E-state index is 12.2.